The molecule has 0 bridgehead atoms. The van der Waals surface area contributed by atoms with Crippen molar-refractivity contribution in [2.75, 3.05) is 17.6 Å². The zero-order chi connectivity index (χ0) is 17.7. The molecule has 2 rings (SSSR count). The van der Waals surface area contributed by atoms with Gasteiger partial charge in [0.1, 0.15) is 0 Å². The molecule has 0 aliphatic rings. The Hall–Kier alpha value is -1.60. The van der Waals surface area contributed by atoms with E-state index < -0.39 is 0 Å². The lowest BCUT2D eigenvalue weighted by molar-refractivity contribution is 0.102. The van der Waals surface area contributed by atoms with Crippen molar-refractivity contribution >= 4 is 34.0 Å². The Labute approximate surface area is 151 Å². The maximum absolute atomic E-state index is 12.5. The van der Waals surface area contributed by atoms with Crippen LogP contribution in [0.4, 0.5) is 5.13 Å². The fourth-order valence-corrected chi connectivity index (χ4v) is 3.97. The number of anilines is 1. The van der Waals surface area contributed by atoms with Crippen LogP contribution in [0.25, 0.3) is 0 Å². The van der Waals surface area contributed by atoms with Crippen LogP contribution < -0.4 is 5.32 Å². The van der Waals surface area contributed by atoms with Crippen LogP contribution in [-0.4, -0.2) is 32.8 Å². The smallest absolute Gasteiger partial charge is 0.206 e. The number of carbonyl (C=O) groups is 1. The van der Waals surface area contributed by atoms with Crippen molar-refractivity contribution in [2.24, 2.45) is 5.92 Å². The maximum atomic E-state index is 12.5. The van der Waals surface area contributed by atoms with E-state index in [9.17, 15) is 4.79 Å². The highest BCUT2D eigenvalue weighted by Crippen LogP contribution is 2.27. The second-order valence-electron chi connectivity index (χ2n) is 6.04. The first-order valence-electron chi connectivity index (χ1n) is 7.93. The van der Waals surface area contributed by atoms with Gasteiger partial charge in [0.2, 0.25) is 5.13 Å². The zero-order valence-corrected chi connectivity index (χ0v) is 16.3. The number of hydrogen-bond acceptors (Lipinski definition) is 6. The van der Waals surface area contributed by atoms with E-state index in [1.807, 2.05) is 26.0 Å². The van der Waals surface area contributed by atoms with Crippen molar-refractivity contribution in [1.29, 1.82) is 0 Å². The first-order valence-corrected chi connectivity index (χ1v) is 9.73. The molecule has 24 heavy (non-hydrogen) atoms. The van der Waals surface area contributed by atoms with Crippen molar-refractivity contribution in [3.63, 3.8) is 0 Å². The predicted molar refractivity (Wildman–Crippen MR) is 102 cm³/mol. The minimum Gasteiger partial charge on any atom is -0.360 e. The van der Waals surface area contributed by atoms with Gasteiger partial charge in [0.15, 0.2) is 10.1 Å². The molecule has 0 amide bonds. The van der Waals surface area contributed by atoms with Crippen molar-refractivity contribution in [3.05, 3.63) is 35.7 Å². The topological polar surface area (TPSA) is 59.8 Å². The average molecular weight is 365 g/mol. The molecule has 7 heteroatoms. The molecule has 2 aromatic rings. The number of carbonyl (C=O) groups excluding carboxylic acids is 1. The standard InChI is InChI=1S/C17H24N4OS2/c1-6-7-21-12(4)8-14(13(21)5)15(22)10-23-17-20-19-16(24-17)18-9-11(2)3/h6,8,11H,1,7,9-10H2,2-5H3,(H,18,19). The van der Waals surface area contributed by atoms with Crippen LogP contribution in [0.15, 0.2) is 23.1 Å². The maximum Gasteiger partial charge on any atom is 0.206 e. The first kappa shape index (κ1) is 18.7. The van der Waals surface area contributed by atoms with Crippen LogP contribution >= 0.6 is 23.1 Å². The highest BCUT2D eigenvalue weighted by atomic mass is 32.2. The minimum atomic E-state index is 0.121. The predicted octanol–water partition coefficient (Wildman–Crippen LogP) is 4.19. The van der Waals surface area contributed by atoms with Gasteiger partial charge in [-0.15, -0.1) is 16.8 Å². The molecule has 0 saturated carbocycles. The van der Waals surface area contributed by atoms with E-state index in [2.05, 4.69) is 40.5 Å². The van der Waals surface area contributed by atoms with Crippen molar-refractivity contribution in [2.45, 2.75) is 38.6 Å². The molecule has 0 aromatic carbocycles. The van der Waals surface area contributed by atoms with Crippen molar-refractivity contribution < 1.29 is 4.79 Å². The van der Waals surface area contributed by atoms with Crippen LogP contribution in [0.1, 0.15) is 35.6 Å². The van der Waals surface area contributed by atoms with Gasteiger partial charge >= 0.3 is 0 Å². The van der Waals surface area contributed by atoms with Gasteiger partial charge in [0.05, 0.1) is 5.75 Å². The molecule has 0 spiro atoms. The van der Waals surface area contributed by atoms with Gasteiger partial charge in [-0.3, -0.25) is 4.79 Å². The second-order valence-corrected chi connectivity index (χ2v) is 8.24. The Kier molecular flexibility index (Phi) is 6.62. The summed E-state index contributed by atoms with van der Waals surface area (Å²) in [5.41, 5.74) is 2.86. The monoisotopic (exact) mass is 364 g/mol. The van der Waals surface area contributed by atoms with E-state index in [1.165, 1.54) is 23.1 Å². The molecule has 0 aliphatic carbocycles. The lowest BCUT2D eigenvalue weighted by atomic mass is 10.2. The van der Waals surface area contributed by atoms with E-state index in [4.69, 9.17) is 0 Å². The lowest BCUT2D eigenvalue weighted by Gasteiger charge is -2.05. The molecule has 0 atom stereocenters. The Balaban J connectivity index is 1.96. The Bertz CT molecular complexity index is 718. The highest BCUT2D eigenvalue weighted by Gasteiger charge is 2.16. The summed E-state index contributed by atoms with van der Waals surface area (Å²) in [6.45, 7) is 13.6. The van der Waals surface area contributed by atoms with Gasteiger partial charge in [-0.1, -0.05) is 43.0 Å². The highest BCUT2D eigenvalue weighted by molar-refractivity contribution is 8.01. The quantitative estimate of drug-likeness (QED) is 0.411. The number of nitrogens with zero attached hydrogens (tertiary/aromatic N) is 3. The van der Waals surface area contributed by atoms with Gasteiger partial charge in [-0.05, 0) is 25.8 Å². The van der Waals surface area contributed by atoms with Gasteiger partial charge < -0.3 is 9.88 Å². The molecule has 2 heterocycles. The molecule has 5 nitrogen and oxygen atoms in total. The summed E-state index contributed by atoms with van der Waals surface area (Å²) in [7, 11) is 0. The molecule has 2 aromatic heterocycles. The molecule has 0 unspecified atom stereocenters. The third-order valence-electron chi connectivity index (χ3n) is 3.58. The number of rotatable bonds is 9. The van der Waals surface area contributed by atoms with Crippen LogP contribution in [-0.2, 0) is 6.54 Å². The van der Waals surface area contributed by atoms with Gasteiger partial charge in [-0.25, -0.2) is 0 Å². The summed E-state index contributed by atoms with van der Waals surface area (Å²) in [4.78, 5) is 12.5. The van der Waals surface area contributed by atoms with Gasteiger partial charge in [0.25, 0.3) is 0 Å². The Morgan fingerprint density at radius 2 is 2.21 bits per heavy atom. The molecule has 0 aliphatic heterocycles. The minimum absolute atomic E-state index is 0.121. The number of nitrogens with one attached hydrogen (secondary N) is 1. The van der Waals surface area contributed by atoms with E-state index in [0.29, 0.717) is 11.7 Å². The van der Waals surface area contributed by atoms with Gasteiger partial charge in [-0.2, -0.15) is 0 Å². The van der Waals surface area contributed by atoms with E-state index >= 15 is 0 Å². The van der Waals surface area contributed by atoms with Crippen molar-refractivity contribution in [3.8, 4) is 0 Å². The third kappa shape index (κ3) is 4.70. The number of ketones is 1. The molecule has 1 N–H and O–H groups in total. The number of aryl methyl sites for hydroxylation is 1. The number of hydrogen-bond donors (Lipinski definition) is 1. The Morgan fingerprint density at radius 3 is 2.88 bits per heavy atom. The molecular weight excluding hydrogens is 340 g/mol. The second kappa shape index (κ2) is 8.48. The fraction of sp³-hybridized carbons (Fsp3) is 0.471. The van der Waals surface area contributed by atoms with Gasteiger partial charge in [0, 0.05) is 30.0 Å². The molecule has 0 radical (unpaired) electrons. The number of aromatic nitrogens is 3. The lowest BCUT2D eigenvalue weighted by Crippen LogP contribution is -2.07. The molecular formula is C17H24N4OS2. The summed E-state index contributed by atoms with van der Waals surface area (Å²) < 4.78 is 2.92. The summed E-state index contributed by atoms with van der Waals surface area (Å²) in [5, 5.41) is 12.3. The average Bonchev–Trinajstić information content (AvgIpc) is 3.10. The van der Waals surface area contributed by atoms with Crippen LogP contribution in [0.5, 0.6) is 0 Å². The molecule has 0 fully saturated rings. The first-order chi connectivity index (χ1) is 11.4. The van der Waals surface area contributed by atoms with E-state index in [0.717, 1.165) is 39.5 Å². The summed E-state index contributed by atoms with van der Waals surface area (Å²) >= 11 is 2.93. The van der Waals surface area contributed by atoms with E-state index in [1.54, 1.807) is 0 Å². The zero-order valence-electron chi connectivity index (χ0n) is 14.6. The SMILES string of the molecule is C=CCn1c(C)cc(C(=O)CSc2nnc(NCC(C)C)s2)c1C. The number of allylic oxidation sites excluding steroid dienone is 1. The normalized spacial score (nSPS) is 11.0. The van der Waals surface area contributed by atoms with Crippen molar-refractivity contribution in [1.82, 2.24) is 14.8 Å². The number of Topliss-reactive ketones (excluding diaryl/α,β-unsaturated/α-hetero) is 1. The van der Waals surface area contributed by atoms with Crippen LogP contribution in [0, 0.1) is 19.8 Å². The summed E-state index contributed by atoms with van der Waals surface area (Å²) in [6, 6.07) is 1.96. The largest absolute Gasteiger partial charge is 0.360 e. The number of thioether (sulfide) groups is 1. The van der Waals surface area contributed by atoms with E-state index in [-0.39, 0.29) is 5.78 Å². The fourth-order valence-electron chi connectivity index (χ4n) is 2.33. The van der Waals surface area contributed by atoms with Crippen LogP contribution in [0.2, 0.25) is 0 Å². The Morgan fingerprint density at radius 1 is 1.46 bits per heavy atom. The summed E-state index contributed by atoms with van der Waals surface area (Å²) in [6.07, 6.45) is 1.84. The molecule has 130 valence electrons. The third-order valence-corrected chi connectivity index (χ3v) is 5.59. The molecule has 0 saturated heterocycles. The van der Waals surface area contributed by atoms with Crippen LogP contribution in [0.3, 0.4) is 0 Å². The summed E-state index contributed by atoms with van der Waals surface area (Å²) in [5.74, 6) is 1.05.